The number of benzene rings is 2. The van der Waals surface area contributed by atoms with Gasteiger partial charge in [-0.05, 0) is 67.3 Å². The van der Waals surface area contributed by atoms with Crippen LogP contribution >= 0.6 is 0 Å². The Balaban J connectivity index is 1.94. The van der Waals surface area contributed by atoms with E-state index in [1.54, 1.807) is 35.2 Å². The van der Waals surface area contributed by atoms with Crippen molar-refractivity contribution >= 4 is 27.3 Å². The third-order valence-corrected chi connectivity index (χ3v) is 6.08. The van der Waals surface area contributed by atoms with Gasteiger partial charge in [-0.2, -0.15) is 0 Å². The van der Waals surface area contributed by atoms with Crippen LogP contribution in [0.3, 0.4) is 0 Å². The lowest BCUT2D eigenvalue weighted by Gasteiger charge is -2.16. The van der Waals surface area contributed by atoms with E-state index in [0.717, 1.165) is 22.4 Å². The average Bonchev–Trinajstić information content (AvgIpc) is 2.99. The molecular weight excluding hydrogens is 352 g/mol. The van der Waals surface area contributed by atoms with Crippen LogP contribution < -0.4 is 14.4 Å². The van der Waals surface area contributed by atoms with Gasteiger partial charge in [-0.25, -0.2) is 8.42 Å². The third-order valence-electron chi connectivity index (χ3n) is 4.68. The number of methoxy groups -OCH3 is 1. The second-order valence-corrected chi connectivity index (χ2v) is 8.11. The lowest BCUT2D eigenvalue weighted by Crippen LogP contribution is -2.25. The van der Waals surface area contributed by atoms with Crippen molar-refractivity contribution in [2.45, 2.75) is 32.1 Å². The first kappa shape index (κ1) is 18.3. The van der Waals surface area contributed by atoms with Crippen LogP contribution in [0, 0.1) is 13.8 Å². The van der Waals surface area contributed by atoms with Gasteiger partial charge in [-0.15, -0.1) is 0 Å². The molecule has 138 valence electrons. The highest BCUT2D eigenvalue weighted by Gasteiger charge is 2.24. The van der Waals surface area contributed by atoms with Crippen LogP contribution in [0.5, 0.6) is 5.75 Å². The summed E-state index contributed by atoms with van der Waals surface area (Å²) in [6.45, 7) is 5.91. The molecule has 26 heavy (non-hydrogen) atoms. The van der Waals surface area contributed by atoms with Gasteiger partial charge in [0.1, 0.15) is 10.6 Å². The molecule has 1 aliphatic rings. The molecule has 0 aromatic heterocycles. The van der Waals surface area contributed by atoms with E-state index in [-0.39, 0.29) is 10.8 Å². The van der Waals surface area contributed by atoms with Gasteiger partial charge < -0.3 is 9.64 Å². The number of hydrogen-bond acceptors (Lipinski definition) is 4. The van der Waals surface area contributed by atoms with E-state index >= 15 is 0 Å². The van der Waals surface area contributed by atoms with Crippen molar-refractivity contribution in [3.8, 4) is 5.75 Å². The molecule has 0 unspecified atom stereocenters. The molecule has 0 saturated heterocycles. The molecule has 3 rings (SSSR count). The van der Waals surface area contributed by atoms with E-state index in [1.165, 1.54) is 14.0 Å². The maximum absolute atomic E-state index is 12.9. The Kier molecular flexibility index (Phi) is 4.66. The molecule has 0 bridgehead atoms. The average molecular weight is 374 g/mol. The highest BCUT2D eigenvalue weighted by molar-refractivity contribution is 7.92. The number of carbonyl (C=O) groups is 1. The van der Waals surface area contributed by atoms with E-state index in [2.05, 4.69) is 4.72 Å². The predicted molar refractivity (Wildman–Crippen MR) is 101 cm³/mol. The van der Waals surface area contributed by atoms with Gasteiger partial charge in [-0.3, -0.25) is 9.52 Å². The Bertz CT molecular complexity index is 983. The fourth-order valence-electron chi connectivity index (χ4n) is 3.14. The minimum atomic E-state index is -3.80. The summed E-state index contributed by atoms with van der Waals surface area (Å²) >= 11 is 0. The highest BCUT2D eigenvalue weighted by atomic mass is 32.2. The fourth-order valence-corrected chi connectivity index (χ4v) is 4.42. The Morgan fingerprint density at radius 2 is 1.85 bits per heavy atom. The van der Waals surface area contributed by atoms with Crippen molar-refractivity contribution in [1.29, 1.82) is 0 Å². The Labute approximate surface area is 153 Å². The number of ether oxygens (including phenoxy) is 1. The quantitative estimate of drug-likeness (QED) is 0.893. The Morgan fingerprint density at radius 1 is 1.15 bits per heavy atom. The van der Waals surface area contributed by atoms with Gasteiger partial charge in [0, 0.05) is 24.8 Å². The minimum Gasteiger partial charge on any atom is -0.495 e. The van der Waals surface area contributed by atoms with Crippen molar-refractivity contribution in [3.63, 3.8) is 0 Å². The summed E-state index contributed by atoms with van der Waals surface area (Å²) in [6, 6.07) is 8.56. The molecule has 0 saturated carbocycles. The lowest BCUT2D eigenvalue weighted by atomic mass is 10.1. The molecular formula is C19H22N2O4S. The smallest absolute Gasteiger partial charge is 0.265 e. The van der Waals surface area contributed by atoms with Crippen LogP contribution in [0.15, 0.2) is 35.2 Å². The molecule has 1 heterocycles. The number of anilines is 2. The zero-order valence-corrected chi connectivity index (χ0v) is 16.1. The van der Waals surface area contributed by atoms with Crippen molar-refractivity contribution in [2.75, 3.05) is 23.3 Å². The molecule has 2 aromatic rings. The summed E-state index contributed by atoms with van der Waals surface area (Å²) in [5, 5.41) is 0. The number of amides is 1. The summed E-state index contributed by atoms with van der Waals surface area (Å²) in [4.78, 5) is 13.4. The molecule has 0 radical (unpaired) electrons. The molecule has 1 amide bonds. The van der Waals surface area contributed by atoms with Crippen LogP contribution in [-0.2, 0) is 21.2 Å². The topological polar surface area (TPSA) is 75.7 Å². The van der Waals surface area contributed by atoms with E-state index in [4.69, 9.17) is 4.74 Å². The molecule has 0 aliphatic carbocycles. The predicted octanol–water partition coefficient (Wildman–Crippen LogP) is 3.02. The second kappa shape index (κ2) is 6.64. The molecule has 7 heteroatoms. The first-order chi connectivity index (χ1) is 12.2. The van der Waals surface area contributed by atoms with Gasteiger partial charge in [0.15, 0.2) is 0 Å². The number of nitrogens with one attached hydrogen (secondary N) is 1. The Morgan fingerprint density at radius 3 is 2.50 bits per heavy atom. The van der Waals surface area contributed by atoms with Crippen LogP contribution in [0.1, 0.15) is 23.6 Å². The maximum atomic E-state index is 12.9. The van der Waals surface area contributed by atoms with Gasteiger partial charge in [0.2, 0.25) is 5.91 Å². The highest BCUT2D eigenvalue weighted by Crippen LogP contribution is 2.33. The van der Waals surface area contributed by atoms with Crippen molar-refractivity contribution in [2.24, 2.45) is 0 Å². The number of carbonyl (C=O) groups excluding carboxylic acids is 1. The largest absolute Gasteiger partial charge is 0.495 e. The first-order valence-electron chi connectivity index (χ1n) is 8.32. The molecule has 0 fully saturated rings. The summed E-state index contributed by atoms with van der Waals surface area (Å²) < 4.78 is 33.6. The number of aryl methyl sites for hydroxylation is 2. The standard InChI is InChI=1S/C19H22N2O4S/c1-12-9-18(25-4)19(10-13(12)2)26(23,24)20-16-5-6-17-15(11-16)7-8-21(17)14(3)22/h5-6,9-11,20H,7-8H2,1-4H3. The van der Waals surface area contributed by atoms with Gasteiger partial charge in [0.05, 0.1) is 7.11 Å². The molecule has 1 N–H and O–H groups in total. The molecule has 1 aliphatic heterocycles. The van der Waals surface area contributed by atoms with Crippen molar-refractivity contribution in [1.82, 2.24) is 0 Å². The van der Waals surface area contributed by atoms with Crippen molar-refractivity contribution in [3.05, 3.63) is 47.0 Å². The summed E-state index contributed by atoms with van der Waals surface area (Å²) in [5.74, 6) is 0.293. The van der Waals surface area contributed by atoms with Crippen LogP contribution in [0.4, 0.5) is 11.4 Å². The SMILES string of the molecule is COc1cc(C)c(C)cc1S(=O)(=O)Nc1ccc2c(c1)CCN2C(C)=O. The van der Waals surface area contributed by atoms with E-state index in [1.807, 2.05) is 13.8 Å². The minimum absolute atomic E-state index is 0.0167. The molecule has 0 atom stereocenters. The van der Waals surface area contributed by atoms with Crippen LogP contribution in [0.2, 0.25) is 0 Å². The maximum Gasteiger partial charge on any atom is 0.265 e. The van der Waals surface area contributed by atoms with Crippen molar-refractivity contribution < 1.29 is 17.9 Å². The molecule has 0 spiro atoms. The van der Waals surface area contributed by atoms with E-state index < -0.39 is 10.0 Å². The van der Waals surface area contributed by atoms with Gasteiger partial charge in [0.25, 0.3) is 10.0 Å². The third kappa shape index (κ3) is 3.26. The molecule has 2 aromatic carbocycles. The number of hydrogen-bond donors (Lipinski definition) is 1. The zero-order valence-electron chi connectivity index (χ0n) is 15.3. The summed E-state index contributed by atoms with van der Waals surface area (Å²) in [6.07, 6.45) is 0.706. The lowest BCUT2D eigenvalue weighted by molar-refractivity contribution is -0.116. The fraction of sp³-hybridized carbons (Fsp3) is 0.316. The summed E-state index contributed by atoms with van der Waals surface area (Å²) in [7, 11) is -2.34. The normalized spacial score (nSPS) is 13.5. The van der Waals surface area contributed by atoms with Crippen LogP contribution in [-0.4, -0.2) is 28.0 Å². The van der Waals surface area contributed by atoms with Gasteiger partial charge >= 0.3 is 0 Å². The molecule has 6 nitrogen and oxygen atoms in total. The monoisotopic (exact) mass is 374 g/mol. The first-order valence-corrected chi connectivity index (χ1v) is 9.80. The number of sulfonamides is 1. The van der Waals surface area contributed by atoms with E-state index in [0.29, 0.717) is 24.4 Å². The Hall–Kier alpha value is -2.54. The number of fused-ring (bicyclic) bond motifs is 1. The number of rotatable bonds is 4. The van der Waals surface area contributed by atoms with E-state index in [9.17, 15) is 13.2 Å². The zero-order chi connectivity index (χ0) is 19.1. The number of nitrogens with zero attached hydrogens (tertiary/aromatic N) is 1. The van der Waals surface area contributed by atoms with Gasteiger partial charge in [-0.1, -0.05) is 0 Å². The summed E-state index contributed by atoms with van der Waals surface area (Å²) in [5.41, 5.74) is 4.09. The van der Waals surface area contributed by atoms with Crippen LogP contribution in [0.25, 0.3) is 0 Å². The second-order valence-electron chi connectivity index (χ2n) is 6.46.